The fourth-order valence-electron chi connectivity index (χ4n) is 2.56. The third kappa shape index (κ3) is 3.95. The minimum Gasteiger partial charge on any atom is -0.327 e. The lowest BCUT2D eigenvalue weighted by atomic mass is 10.0. The van der Waals surface area contributed by atoms with Crippen LogP contribution in [0, 0.1) is 5.92 Å². The Balaban J connectivity index is 1.89. The van der Waals surface area contributed by atoms with E-state index in [4.69, 9.17) is 11.6 Å². The van der Waals surface area contributed by atoms with Crippen molar-refractivity contribution in [3.05, 3.63) is 24.3 Å². The predicted octanol–water partition coefficient (Wildman–Crippen LogP) is 4.78. The van der Waals surface area contributed by atoms with E-state index in [1.165, 1.54) is 32.1 Å². The molecular formula is C16H24ClN3. The van der Waals surface area contributed by atoms with Crippen LogP contribution in [-0.2, 0) is 12.4 Å². The van der Waals surface area contributed by atoms with Crippen LogP contribution in [0.2, 0.25) is 0 Å². The van der Waals surface area contributed by atoms with Gasteiger partial charge in [-0.1, -0.05) is 39.5 Å². The summed E-state index contributed by atoms with van der Waals surface area (Å²) in [5, 5.41) is 0. The highest BCUT2D eigenvalue weighted by Crippen LogP contribution is 2.18. The maximum absolute atomic E-state index is 6.00. The van der Waals surface area contributed by atoms with E-state index in [-0.39, 0.29) is 0 Å². The summed E-state index contributed by atoms with van der Waals surface area (Å²) >= 11 is 6.00. The molecule has 4 heteroatoms. The molecule has 0 unspecified atom stereocenters. The van der Waals surface area contributed by atoms with Gasteiger partial charge < -0.3 is 4.57 Å². The Kier molecular flexibility index (Phi) is 5.84. The SMILES string of the molecule is CC(C)CCCCCCn1c(CCl)nc2cnccc21. The second-order valence-corrected chi connectivity index (χ2v) is 6.04. The van der Waals surface area contributed by atoms with Gasteiger partial charge in [0.25, 0.3) is 0 Å². The van der Waals surface area contributed by atoms with Crippen LogP contribution >= 0.6 is 11.6 Å². The number of imidazole rings is 1. The van der Waals surface area contributed by atoms with Crippen molar-refractivity contribution >= 4 is 22.6 Å². The van der Waals surface area contributed by atoms with Crippen LogP contribution in [-0.4, -0.2) is 14.5 Å². The topological polar surface area (TPSA) is 30.7 Å². The second kappa shape index (κ2) is 7.63. The Hall–Kier alpha value is -1.09. The molecule has 2 aromatic rings. The summed E-state index contributed by atoms with van der Waals surface area (Å²) in [6, 6.07) is 2.02. The molecule has 0 atom stereocenters. The molecule has 0 saturated heterocycles. The molecule has 20 heavy (non-hydrogen) atoms. The lowest BCUT2D eigenvalue weighted by Crippen LogP contribution is -2.02. The molecule has 0 aliphatic carbocycles. The van der Waals surface area contributed by atoms with E-state index < -0.39 is 0 Å². The van der Waals surface area contributed by atoms with Crippen LogP contribution in [0.15, 0.2) is 18.5 Å². The molecule has 0 N–H and O–H groups in total. The molecule has 110 valence electrons. The normalized spacial score (nSPS) is 11.6. The molecule has 0 spiro atoms. The first-order valence-electron chi connectivity index (χ1n) is 7.57. The summed E-state index contributed by atoms with van der Waals surface area (Å²) in [6.45, 7) is 5.58. The average molecular weight is 294 g/mol. The largest absolute Gasteiger partial charge is 0.327 e. The fourth-order valence-corrected chi connectivity index (χ4v) is 2.76. The molecule has 0 aliphatic heterocycles. The Bertz CT molecular complexity index is 534. The minimum atomic E-state index is 0.460. The summed E-state index contributed by atoms with van der Waals surface area (Å²) in [4.78, 5) is 8.66. The number of rotatable bonds is 8. The summed E-state index contributed by atoms with van der Waals surface area (Å²) in [5.41, 5.74) is 2.10. The van der Waals surface area contributed by atoms with E-state index in [2.05, 4.69) is 28.4 Å². The van der Waals surface area contributed by atoms with E-state index in [0.29, 0.717) is 5.88 Å². The van der Waals surface area contributed by atoms with Gasteiger partial charge in [0.2, 0.25) is 0 Å². The zero-order valence-corrected chi connectivity index (χ0v) is 13.2. The van der Waals surface area contributed by atoms with Crippen molar-refractivity contribution in [2.24, 2.45) is 5.92 Å². The molecule has 0 fully saturated rings. The zero-order chi connectivity index (χ0) is 14.4. The number of fused-ring (bicyclic) bond motifs is 1. The van der Waals surface area contributed by atoms with E-state index in [1.54, 1.807) is 0 Å². The van der Waals surface area contributed by atoms with Gasteiger partial charge in [0, 0.05) is 12.7 Å². The Morgan fingerprint density at radius 2 is 2.00 bits per heavy atom. The number of pyridine rings is 1. The van der Waals surface area contributed by atoms with Gasteiger partial charge in [-0.15, -0.1) is 11.6 Å². The smallest absolute Gasteiger partial charge is 0.124 e. The van der Waals surface area contributed by atoms with Gasteiger partial charge in [-0.25, -0.2) is 4.98 Å². The van der Waals surface area contributed by atoms with Crippen molar-refractivity contribution < 1.29 is 0 Å². The third-order valence-corrected chi connectivity index (χ3v) is 3.90. The average Bonchev–Trinajstić information content (AvgIpc) is 2.80. The Morgan fingerprint density at radius 1 is 1.20 bits per heavy atom. The van der Waals surface area contributed by atoms with Gasteiger partial charge in [0.15, 0.2) is 0 Å². The molecule has 0 radical (unpaired) electrons. The highest BCUT2D eigenvalue weighted by atomic mass is 35.5. The molecule has 0 bridgehead atoms. The van der Waals surface area contributed by atoms with Crippen molar-refractivity contribution in [1.82, 2.24) is 14.5 Å². The summed E-state index contributed by atoms with van der Waals surface area (Å²) < 4.78 is 2.24. The van der Waals surface area contributed by atoms with Crippen LogP contribution in [0.25, 0.3) is 11.0 Å². The van der Waals surface area contributed by atoms with Crippen molar-refractivity contribution in [1.29, 1.82) is 0 Å². The van der Waals surface area contributed by atoms with Crippen LogP contribution in [0.1, 0.15) is 51.8 Å². The van der Waals surface area contributed by atoms with Crippen LogP contribution in [0.5, 0.6) is 0 Å². The van der Waals surface area contributed by atoms with Crippen molar-refractivity contribution in [3.63, 3.8) is 0 Å². The molecule has 2 aromatic heterocycles. The van der Waals surface area contributed by atoms with E-state index in [9.17, 15) is 0 Å². The van der Waals surface area contributed by atoms with Gasteiger partial charge in [-0.3, -0.25) is 4.98 Å². The number of aromatic nitrogens is 3. The van der Waals surface area contributed by atoms with E-state index >= 15 is 0 Å². The van der Waals surface area contributed by atoms with Gasteiger partial charge in [0.05, 0.1) is 17.6 Å². The molecule has 0 saturated carbocycles. The Labute approximate surface area is 126 Å². The highest BCUT2D eigenvalue weighted by Gasteiger charge is 2.09. The lowest BCUT2D eigenvalue weighted by molar-refractivity contribution is 0.505. The minimum absolute atomic E-state index is 0.460. The quantitative estimate of drug-likeness (QED) is 0.518. The summed E-state index contributed by atoms with van der Waals surface area (Å²) in [7, 11) is 0. The zero-order valence-electron chi connectivity index (χ0n) is 12.5. The molecule has 2 rings (SSSR count). The standard InChI is InChI=1S/C16H24ClN3/c1-13(2)7-5-3-4-6-10-20-15-8-9-18-12-14(15)19-16(20)11-17/h8-9,12-13H,3-7,10-11H2,1-2H3. The second-order valence-electron chi connectivity index (χ2n) is 5.77. The van der Waals surface area contributed by atoms with Gasteiger partial charge >= 0.3 is 0 Å². The summed E-state index contributed by atoms with van der Waals surface area (Å²) in [6.07, 6.45) is 10.1. The van der Waals surface area contributed by atoms with Crippen molar-refractivity contribution in [2.75, 3.05) is 0 Å². The number of nitrogens with zero attached hydrogens (tertiary/aromatic N) is 3. The predicted molar refractivity (Wildman–Crippen MR) is 85.0 cm³/mol. The van der Waals surface area contributed by atoms with Crippen molar-refractivity contribution in [3.8, 4) is 0 Å². The first-order chi connectivity index (χ1) is 9.72. The number of unbranched alkanes of at least 4 members (excludes halogenated alkanes) is 3. The maximum Gasteiger partial charge on any atom is 0.124 e. The number of alkyl halides is 1. The van der Waals surface area contributed by atoms with E-state index in [0.717, 1.165) is 29.3 Å². The molecular weight excluding hydrogens is 270 g/mol. The monoisotopic (exact) mass is 293 g/mol. The molecule has 0 aliphatic rings. The van der Waals surface area contributed by atoms with Gasteiger partial charge in [-0.05, 0) is 18.4 Å². The van der Waals surface area contributed by atoms with Crippen LogP contribution in [0.3, 0.4) is 0 Å². The fraction of sp³-hybridized carbons (Fsp3) is 0.625. The van der Waals surface area contributed by atoms with Crippen molar-refractivity contribution in [2.45, 2.75) is 58.4 Å². The number of halogens is 1. The number of hydrogen-bond acceptors (Lipinski definition) is 2. The highest BCUT2D eigenvalue weighted by molar-refractivity contribution is 6.16. The lowest BCUT2D eigenvalue weighted by Gasteiger charge is -2.08. The number of aryl methyl sites for hydroxylation is 1. The molecule has 2 heterocycles. The van der Waals surface area contributed by atoms with E-state index in [1.807, 2.05) is 18.5 Å². The summed E-state index contributed by atoms with van der Waals surface area (Å²) in [5.74, 6) is 2.24. The Morgan fingerprint density at radius 3 is 2.75 bits per heavy atom. The molecule has 0 amide bonds. The first-order valence-corrected chi connectivity index (χ1v) is 8.11. The van der Waals surface area contributed by atoms with Crippen LogP contribution < -0.4 is 0 Å². The maximum atomic E-state index is 6.00. The molecule has 0 aromatic carbocycles. The van der Waals surface area contributed by atoms with Gasteiger partial charge in [-0.2, -0.15) is 0 Å². The van der Waals surface area contributed by atoms with Crippen LogP contribution in [0.4, 0.5) is 0 Å². The third-order valence-electron chi connectivity index (χ3n) is 3.66. The molecule has 3 nitrogen and oxygen atoms in total. The first kappa shape index (κ1) is 15.3. The number of hydrogen-bond donors (Lipinski definition) is 0. The van der Waals surface area contributed by atoms with Gasteiger partial charge in [0.1, 0.15) is 11.3 Å².